The summed E-state index contributed by atoms with van der Waals surface area (Å²) in [7, 11) is -3.81. The first kappa shape index (κ1) is 20.7. The zero-order valence-electron chi connectivity index (χ0n) is 15.4. The number of benzene rings is 1. The number of anilines is 1. The third-order valence-electron chi connectivity index (χ3n) is 3.72. The van der Waals surface area contributed by atoms with Gasteiger partial charge in [0.25, 0.3) is 0 Å². The zero-order valence-corrected chi connectivity index (χ0v) is 16.3. The molecule has 0 saturated carbocycles. The van der Waals surface area contributed by atoms with Gasteiger partial charge in [-0.1, -0.05) is 0 Å². The summed E-state index contributed by atoms with van der Waals surface area (Å²) in [5, 5.41) is 10.5. The highest BCUT2D eigenvalue weighted by molar-refractivity contribution is 7.93. The van der Waals surface area contributed by atoms with Crippen LogP contribution in [0.1, 0.15) is 33.1 Å². The van der Waals surface area contributed by atoms with Gasteiger partial charge in [-0.2, -0.15) is 10.2 Å². The van der Waals surface area contributed by atoms with Gasteiger partial charge >= 0.3 is 0 Å². The van der Waals surface area contributed by atoms with E-state index in [1.165, 1.54) is 0 Å². The van der Waals surface area contributed by atoms with Crippen LogP contribution in [0.4, 0.5) is 5.69 Å². The van der Waals surface area contributed by atoms with Crippen LogP contribution in [0.3, 0.4) is 0 Å². The fourth-order valence-corrected chi connectivity index (χ4v) is 3.40. The van der Waals surface area contributed by atoms with Gasteiger partial charge in [-0.05, 0) is 38.1 Å². The average Bonchev–Trinajstić information content (AvgIpc) is 3.33. The molecule has 2 rings (SSSR count). The summed E-state index contributed by atoms with van der Waals surface area (Å²) in [4.78, 5) is 11.9. The van der Waals surface area contributed by atoms with Crippen molar-refractivity contribution in [3.05, 3.63) is 24.3 Å². The molecule has 0 spiro atoms. The number of sulfonamides is 1. The molecule has 0 aromatic heterocycles. The molecule has 0 aliphatic carbocycles. The van der Waals surface area contributed by atoms with E-state index in [9.17, 15) is 13.2 Å². The maximum atomic E-state index is 12.1. The van der Waals surface area contributed by atoms with E-state index in [0.717, 1.165) is 0 Å². The molecule has 1 aromatic rings. The molecule has 8 nitrogen and oxygen atoms in total. The molecule has 1 aromatic carbocycles. The van der Waals surface area contributed by atoms with Crippen LogP contribution in [-0.2, 0) is 14.8 Å². The predicted molar refractivity (Wildman–Crippen MR) is 103 cm³/mol. The maximum absolute atomic E-state index is 12.1. The Kier molecular flexibility index (Phi) is 6.80. The number of amides is 1. The van der Waals surface area contributed by atoms with Crippen LogP contribution in [0.5, 0.6) is 5.75 Å². The Morgan fingerprint density at radius 2 is 1.93 bits per heavy atom. The van der Waals surface area contributed by atoms with E-state index >= 15 is 0 Å². The summed E-state index contributed by atoms with van der Waals surface area (Å²) >= 11 is 0. The predicted octanol–water partition coefficient (Wildman–Crippen LogP) is 2.30. The summed E-state index contributed by atoms with van der Waals surface area (Å²) in [6.07, 6.45) is 6.94. The van der Waals surface area contributed by atoms with Crippen molar-refractivity contribution in [2.75, 3.05) is 17.0 Å². The molecule has 27 heavy (non-hydrogen) atoms. The molecule has 0 unspecified atom stereocenters. The molecule has 0 fully saturated rings. The number of hydrogen-bond acceptors (Lipinski definition) is 6. The lowest BCUT2D eigenvalue weighted by molar-refractivity contribution is -0.118. The SMILES string of the molecule is C#CCCC1(CCNC(=O)CS(=O)(=O)Nc2ccc(OC(C)C)cc2)N=N1. The van der Waals surface area contributed by atoms with Gasteiger partial charge in [0.2, 0.25) is 15.9 Å². The number of terminal acetylenes is 1. The van der Waals surface area contributed by atoms with Gasteiger partial charge in [0.15, 0.2) is 5.66 Å². The van der Waals surface area contributed by atoms with Crippen LogP contribution in [-0.4, -0.2) is 38.4 Å². The van der Waals surface area contributed by atoms with Gasteiger partial charge in [0, 0.05) is 31.5 Å². The molecule has 0 radical (unpaired) electrons. The first-order valence-corrected chi connectivity index (χ1v) is 10.3. The standard InChI is InChI=1S/C18H24N4O4S/c1-4-5-10-18(21-22-18)11-12-19-17(23)13-27(24,25)20-15-6-8-16(9-7-15)26-14(2)3/h1,6-9,14,20H,5,10-13H2,2-3H3,(H,19,23). The van der Waals surface area contributed by atoms with E-state index < -0.39 is 27.3 Å². The lowest BCUT2D eigenvalue weighted by Gasteiger charge is -2.12. The number of carbonyl (C=O) groups is 1. The van der Waals surface area contributed by atoms with Crippen molar-refractivity contribution < 1.29 is 17.9 Å². The smallest absolute Gasteiger partial charge is 0.241 e. The Hall–Kier alpha value is -2.60. The molecule has 1 aliphatic heterocycles. The lowest BCUT2D eigenvalue weighted by atomic mass is 10.0. The number of nitrogens with one attached hydrogen (secondary N) is 2. The zero-order chi connectivity index (χ0) is 19.9. The number of ether oxygens (including phenoxy) is 1. The second kappa shape index (κ2) is 8.86. The quantitative estimate of drug-likeness (QED) is 0.563. The normalized spacial score (nSPS) is 14.4. The van der Waals surface area contributed by atoms with Gasteiger partial charge in [-0.3, -0.25) is 9.52 Å². The van der Waals surface area contributed by atoms with Crippen molar-refractivity contribution in [2.45, 2.75) is 44.9 Å². The minimum Gasteiger partial charge on any atom is -0.491 e. The van der Waals surface area contributed by atoms with E-state index in [1.807, 2.05) is 13.8 Å². The van der Waals surface area contributed by atoms with Crippen molar-refractivity contribution in [1.82, 2.24) is 5.32 Å². The molecular weight excluding hydrogens is 368 g/mol. The third-order valence-corrected chi connectivity index (χ3v) is 4.91. The largest absolute Gasteiger partial charge is 0.491 e. The second-order valence-electron chi connectivity index (χ2n) is 6.54. The van der Waals surface area contributed by atoms with Gasteiger partial charge in [-0.15, -0.1) is 12.3 Å². The maximum Gasteiger partial charge on any atom is 0.241 e. The Balaban J connectivity index is 1.76. The molecule has 146 valence electrons. The van der Waals surface area contributed by atoms with Crippen molar-refractivity contribution in [3.8, 4) is 18.1 Å². The van der Waals surface area contributed by atoms with Gasteiger partial charge < -0.3 is 10.1 Å². The molecule has 1 aliphatic rings. The monoisotopic (exact) mass is 392 g/mol. The van der Waals surface area contributed by atoms with Crippen LogP contribution in [0.2, 0.25) is 0 Å². The lowest BCUT2D eigenvalue weighted by Crippen LogP contribution is -2.35. The Labute approximate surface area is 159 Å². The molecule has 0 bridgehead atoms. The number of carbonyl (C=O) groups excluding carboxylic acids is 1. The molecule has 0 saturated heterocycles. The van der Waals surface area contributed by atoms with E-state index in [4.69, 9.17) is 11.2 Å². The fraction of sp³-hybridized carbons (Fsp3) is 0.500. The van der Waals surface area contributed by atoms with Gasteiger partial charge in [-0.25, -0.2) is 8.42 Å². The number of nitrogens with zero attached hydrogens (tertiary/aromatic N) is 2. The average molecular weight is 392 g/mol. The van der Waals surface area contributed by atoms with E-state index in [-0.39, 0.29) is 12.6 Å². The fourth-order valence-electron chi connectivity index (χ4n) is 2.38. The molecule has 1 amide bonds. The summed E-state index contributed by atoms with van der Waals surface area (Å²) in [5.74, 6) is 1.91. The molecule has 0 atom stereocenters. The topological polar surface area (TPSA) is 109 Å². The minimum atomic E-state index is -3.81. The van der Waals surface area contributed by atoms with Crippen molar-refractivity contribution in [2.24, 2.45) is 10.2 Å². The van der Waals surface area contributed by atoms with Crippen LogP contribution < -0.4 is 14.8 Å². The minimum absolute atomic E-state index is 0.0261. The first-order valence-electron chi connectivity index (χ1n) is 8.65. The van der Waals surface area contributed by atoms with Crippen molar-refractivity contribution >= 4 is 21.6 Å². The molecule has 1 heterocycles. The highest BCUT2D eigenvalue weighted by Crippen LogP contribution is 2.35. The highest BCUT2D eigenvalue weighted by atomic mass is 32.2. The van der Waals surface area contributed by atoms with E-state index in [1.54, 1.807) is 24.3 Å². The number of rotatable bonds is 11. The van der Waals surface area contributed by atoms with Crippen LogP contribution in [0.25, 0.3) is 0 Å². The second-order valence-corrected chi connectivity index (χ2v) is 8.26. The van der Waals surface area contributed by atoms with E-state index in [2.05, 4.69) is 26.2 Å². The summed E-state index contributed by atoms with van der Waals surface area (Å²) in [6.45, 7) is 4.09. The van der Waals surface area contributed by atoms with Crippen LogP contribution in [0.15, 0.2) is 34.5 Å². The van der Waals surface area contributed by atoms with Gasteiger partial charge in [0.05, 0.1) is 6.10 Å². The van der Waals surface area contributed by atoms with Crippen LogP contribution in [0, 0.1) is 12.3 Å². The first-order chi connectivity index (χ1) is 12.7. The van der Waals surface area contributed by atoms with E-state index in [0.29, 0.717) is 30.7 Å². The summed E-state index contributed by atoms with van der Waals surface area (Å²) in [5.41, 5.74) is -0.140. The summed E-state index contributed by atoms with van der Waals surface area (Å²) < 4.78 is 32.1. The highest BCUT2D eigenvalue weighted by Gasteiger charge is 2.38. The Morgan fingerprint density at radius 1 is 1.26 bits per heavy atom. The molecule has 2 N–H and O–H groups in total. The Morgan fingerprint density at radius 3 is 2.48 bits per heavy atom. The van der Waals surface area contributed by atoms with Gasteiger partial charge in [0.1, 0.15) is 11.5 Å². The number of hydrogen-bond donors (Lipinski definition) is 2. The molecule has 9 heteroatoms. The summed E-state index contributed by atoms with van der Waals surface area (Å²) in [6, 6.07) is 6.49. The third kappa shape index (κ3) is 7.27. The van der Waals surface area contributed by atoms with Crippen molar-refractivity contribution in [3.63, 3.8) is 0 Å². The van der Waals surface area contributed by atoms with Crippen LogP contribution >= 0.6 is 0 Å². The Bertz CT molecular complexity index is 820. The van der Waals surface area contributed by atoms with Crippen molar-refractivity contribution in [1.29, 1.82) is 0 Å². The molecular formula is C18H24N4O4S.